The van der Waals surface area contributed by atoms with Gasteiger partial charge in [0.1, 0.15) is 5.82 Å². The van der Waals surface area contributed by atoms with Crippen LogP contribution in [0.15, 0.2) is 18.2 Å². The molecule has 0 atom stereocenters. The number of halogens is 3. The predicted molar refractivity (Wildman–Crippen MR) is 64.7 cm³/mol. The lowest BCUT2D eigenvalue weighted by Gasteiger charge is -2.07. The highest BCUT2D eigenvalue weighted by Crippen LogP contribution is 2.18. The van der Waals surface area contributed by atoms with E-state index in [9.17, 15) is 4.39 Å². The number of alkyl halides is 1. The standard InChI is InChI=1S/C11H14Cl2FNO/c12-4-6-16-7-5-15-8-9-2-1-3-10(14)11(9)13/h1-3,15H,4-8H2. The highest BCUT2D eigenvalue weighted by Gasteiger charge is 2.04. The second kappa shape index (κ2) is 7.85. The van der Waals surface area contributed by atoms with E-state index in [2.05, 4.69) is 5.32 Å². The molecule has 0 fully saturated rings. The van der Waals surface area contributed by atoms with Crippen LogP contribution < -0.4 is 5.32 Å². The van der Waals surface area contributed by atoms with E-state index in [0.717, 1.165) is 5.56 Å². The van der Waals surface area contributed by atoms with Gasteiger partial charge < -0.3 is 10.1 Å². The number of ether oxygens (including phenoxy) is 1. The Balaban J connectivity index is 2.24. The molecule has 90 valence electrons. The van der Waals surface area contributed by atoms with Crippen molar-refractivity contribution in [3.8, 4) is 0 Å². The molecule has 1 aromatic rings. The second-order valence-corrected chi connectivity index (χ2v) is 3.95. The van der Waals surface area contributed by atoms with Gasteiger partial charge in [0.25, 0.3) is 0 Å². The quantitative estimate of drug-likeness (QED) is 0.605. The van der Waals surface area contributed by atoms with Gasteiger partial charge in [0.15, 0.2) is 0 Å². The van der Waals surface area contributed by atoms with Crippen molar-refractivity contribution in [2.75, 3.05) is 25.6 Å². The van der Waals surface area contributed by atoms with Crippen molar-refractivity contribution in [3.05, 3.63) is 34.6 Å². The van der Waals surface area contributed by atoms with Crippen molar-refractivity contribution in [3.63, 3.8) is 0 Å². The second-order valence-electron chi connectivity index (χ2n) is 3.19. The maximum absolute atomic E-state index is 13.1. The van der Waals surface area contributed by atoms with E-state index in [0.29, 0.717) is 32.2 Å². The molecule has 2 nitrogen and oxygen atoms in total. The van der Waals surface area contributed by atoms with E-state index in [4.69, 9.17) is 27.9 Å². The third kappa shape index (κ3) is 4.66. The first-order valence-corrected chi connectivity index (χ1v) is 5.94. The number of nitrogens with one attached hydrogen (secondary N) is 1. The van der Waals surface area contributed by atoms with Crippen LogP contribution in [0.25, 0.3) is 0 Å². The summed E-state index contributed by atoms with van der Waals surface area (Å²) in [7, 11) is 0. The normalized spacial score (nSPS) is 10.7. The Morgan fingerprint density at radius 3 is 2.88 bits per heavy atom. The van der Waals surface area contributed by atoms with Crippen LogP contribution in [0.5, 0.6) is 0 Å². The molecule has 0 saturated carbocycles. The number of hydrogen-bond acceptors (Lipinski definition) is 2. The molecule has 1 N–H and O–H groups in total. The van der Waals surface area contributed by atoms with Gasteiger partial charge in [-0.05, 0) is 11.6 Å². The topological polar surface area (TPSA) is 21.3 Å². The summed E-state index contributed by atoms with van der Waals surface area (Å²) in [5.41, 5.74) is 0.749. The lowest BCUT2D eigenvalue weighted by Crippen LogP contribution is -2.20. The highest BCUT2D eigenvalue weighted by molar-refractivity contribution is 6.31. The van der Waals surface area contributed by atoms with Gasteiger partial charge in [-0.1, -0.05) is 23.7 Å². The lowest BCUT2D eigenvalue weighted by atomic mass is 10.2. The largest absolute Gasteiger partial charge is 0.379 e. The van der Waals surface area contributed by atoms with Crippen molar-refractivity contribution in [1.82, 2.24) is 5.32 Å². The summed E-state index contributed by atoms with van der Waals surface area (Å²) in [5.74, 6) is 0.106. The molecule has 1 rings (SSSR count). The third-order valence-corrected chi connectivity index (χ3v) is 2.57. The molecular weight excluding hydrogens is 252 g/mol. The predicted octanol–water partition coefficient (Wildman–Crippen LogP) is 2.82. The Bertz CT molecular complexity index is 323. The van der Waals surface area contributed by atoms with E-state index in [1.807, 2.05) is 0 Å². The fourth-order valence-corrected chi connectivity index (χ4v) is 1.51. The van der Waals surface area contributed by atoms with Crippen LogP contribution in [0.4, 0.5) is 4.39 Å². The highest BCUT2D eigenvalue weighted by atomic mass is 35.5. The summed E-state index contributed by atoms with van der Waals surface area (Å²) in [5, 5.41) is 3.29. The van der Waals surface area contributed by atoms with E-state index < -0.39 is 0 Å². The molecule has 0 aliphatic heterocycles. The molecule has 0 saturated heterocycles. The minimum absolute atomic E-state index is 0.177. The van der Waals surface area contributed by atoms with Crippen molar-refractivity contribution in [2.45, 2.75) is 6.54 Å². The molecule has 0 radical (unpaired) electrons. The first kappa shape index (κ1) is 13.7. The Labute approximate surface area is 105 Å². The average Bonchev–Trinajstić information content (AvgIpc) is 2.29. The molecule has 16 heavy (non-hydrogen) atoms. The summed E-state index contributed by atoms with van der Waals surface area (Å²) in [6.07, 6.45) is 0. The summed E-state index contributed by atoms with van der Waals surface area (Å²) in [4.78, 5) is 0. The molecule has 0 aromatic heterocycles. The van der Waals surface area contributed by atoms with Gasteiger partial charge in [-0.15, -0.1) is 11.6 Å². The summed E-state index contributed by atoms with van der Waals surface area (Å²) in [6, 6.07) is 4.77. The van der Waals surface area contributed by atoms with Gasteiger partial charge in [-0.2, -0.15) is 0 Å². The monoisotopic (exact) mass is 265 g/mol. The van der Waals surface area contributed by atoms with Crippen LogP contribution in [-0.4, -0.2) is 25.6 Å². The number of rotatable bonds is 7. The fourth-order valence-electron chi connectivity index (χ4n) is 1.21. The first-order valence-electron chi connectivity index (χ1n) is 5.03. The minimum atomic E-state index is -0.389. The molecule has 0 amide bonds. The molecule has 1 aromatic carbocycles. The maximum Gasteiger partial charge on any atom is 0.142 e. The summed E-state index contributed by atoms with van der Waals surface area (Å²) in [6.45, 7) is 2.34. The molecule has 0 spiro atoms. The first-order chi connectivity index (χ1) is 7.75. The SMILES string of the molecule is Fc1cccc(CNCCOCCCl)c1Cl. The van der Waals surface area contributed by atoms with Crippen molar-refractivity contribution in [2.24, 2.45) is 0 Å². The zero-order valence-electron chi connectivity index (χ0n) is 8.81. The van der Waals surface area contributed by atoms with Crippen LogP contribution in [0.1, 0.15) is 5.56 Å². The van der Waals surface area contributed by atoms with Gasteiger partial charge in [0.05, 0.1) is 18.2 Å². The van der Waals surface area contributed by atoms with E-state index >= 15 is 0 Å². The molecule has 0 bridgehead atoms. The van der Waals surface area contributed by atoms with Crippen LogP contribution in [0, 0.1) is 5.82 Å². The Kier molecular flexibility index (Phi) is 6.73. The zero-order chi connectivity index (χ0) is 11.8. The zero-order valence-corrected chi connectivity index (χ0v) is 10.3. The average molecular weight is 266 g/mol. The van der Waals surface area contributed by atoms with Crippen molar-refractivity contribution < 1.29 is 9.13 Å². The van der Waals surface area contributed by atoms with Gasteiger partial charge in [-0.3, -0.25) is 0 Å². The molecule has 0 unspecified atom stereocenters. The van der Waals surface area contributed by atoms with Crippen molar-refractivity contribution >= 4 is 23.2 Å². The molecule has 0 aliphatic rings. The van der Waals surface area contributed by atoms with Gasteiger partial charge in [0.2, 0.25) is 0 Å². The van der Waals surface area contributed by atoms with Crippen LogP contribution in [-0.2, 0) is 11.3 Å². The fraction of sp³-hybridized carbons (Fsp3) is 0.455. The Hall–Kier alpha value is -0.350. The molecule has 0 aliphatic carbocycles. The summed E-state index contributed by atoms with van der Waals surface area (Å²) < 4.78 is 18.2. The van der Waals surface area contributed by atoms with Crippen molar-refractivity contribution in [1.29, 1.82) is 0 Å². The van der Waals surface area contributed by atoms with Gasteiger partial charge in [0, 0.05) is 19.0 Å². The molecule has 5 heteroatoms. The van der Waals surface area contributed by atoms with Crippen LogP contribution in [0.2, 0.25) is 5.02 Å². The van der Waals surface area contributed by atoms with E-state index in [1.165, 1.54) is 6.07 Å². The van der Waals surface area contributed by atoms with E-state index in [-0.39, 0.29) is 10.8 Å². The number of hydrogen-bond donors (Lipinski definition) is 1. The van der Waals surface area contributed by atoms with Crippen LogP contribution in [0.3, 0.4) is 0 Å². The lowest BCUT2D eigenvalue weighted by molar-refractivity contribution is 0.151. The smallest absolute Gasteiger partial charge is 0.142 e. The van der Waals surface area contributed by atoms with Crippen LogP contribution >= 0.6 is 23.2 Å². The molecular formula is C11H14Cl2FNO. The van der Waals surface area contributed by atoms with Gasteiger partial charge in [-0.25, -0.2) is 4.39 Å². The third-order valence-electron chi connectivity index (χ3n) is 1.99. The number of benzene rings is 1. The van der Waals surface area contributed by atoms with E-state index in [1.54, 1.807) is 12.1 Å². The summed E-state index contributed by atoms with van der Waals surface area (Å²) >= 11 is 11.2. The van der Waals surface area contributed by atoms with Gasteiger partial charge >= 0.3 is 0 Å². The molecule has 0 heterocycles. The Morgan fingerprint density at radius 1 is 1.31 bits per heavy atom. The maximum atomic E-state index is 13.1. The minimum Gasteiger partial charge on any atom is -0.379 e. The Morgan fingerprint density at radius 2 is 2.12 bits per heavy atom.